The second-order valence-corrected chi connectivity index (χ2v) is 9.56. The minimum Gasteiger partial charge on any atom is -0.0800 e. The smallest absolute Gasteiger partial charge is 0.0209 e. The fraction of sp³-hybridized carbons (Fsp3) is 0.280. The van der Waals surface area contributed by atoms with E-state index in [0.717, 1.165) is 6.42 Å². The number of rotatable bonds is 1. The third-order valence-electron chi connectivity index (χ3n) is 6.80. The molecular weight excluding hydrogens is 427 g/mol. The minimum atomic E-state index is 0.302. The van der Waals surface area contributed by atoms with E-state index in [2.05, 4.69) is 109 Å². The van der Waals surface area contributed by atoms with Gasteiger partial charge < -0.3 is 0 Å². The molecule has 0 amide bonds. The highest BCUT2D eigenvalue weighted by Crippen LogP contribution is 2.59. The van der Waals surface area contributed by atoms with Crippen molar-refractivity contribution in [1.82, 2.24) is 0 Å². The van der Waals surface area contributed by atoms with E-state index >= 15 is 0 Å². The maximum absolute atomic E-state index is 2.47. The van der Waals surface area contributed by atoms with Crippen molar-refractivity contribution in [3.05, 3.63) is 87.6 Å². The van der Waals surface area contributed by atoms with Crippen LogP contribution in [0.3, 0.4) is 0 Å². The van der Waals surface area contributed by atoms with Gasteiger partial charge in [0.05, 0.1) is 0 Å². The van der Waals surface area contributed by atoms with Crippen LogP contribution in [0.2, 0.25) is 0 Å². The lowest BCUT2D eigenvalue weighted by Crippen LogP contribution is -2.26. The molecule has 1 heteroatoms. The SMILES string of the molecule is CC1(C)C2CC(c3ccc(I)c4ccccc34)=CC=C2C2C=CC=CC21. The molecule has 0 N–H and O–H groups in total. The van der Waals surface area contributed by atoms with Crippen LogP contribution in [0.25, 0.3) is 16.3 Å². The molecule has 5 rings (SSSR count). The van der Waals surface area contributed by atoms with Crippen molar-refractivity contribution in [3.8, 4) is 0 Å². The molecule has 1 fully saturated rings. The lowest BCUT2D eigenvalue weighted by Gasteiger charge is -2.34. The van der Waals surface area contributed by atoms with Crippen LogP contribution in [0.15, 0.2) is 78.4 Å². The summed E-state index contributed by atoms with van der Waals surface area (Å²) in [4.78, 5) is 0. The summed E-state index contributed by atoms with van der Waals surface area (Å²) in [5, 5.41) is 2.75. The molecule has 3 aliphatic carbocycles. The molecule has 26 heavy (non-hydrogen) atoms. The third kappa shape index (κ3) is 2.32. The van der Waals surface area contributed by atoms with Crippen molar-refractivity contribution in [2.24, 2.45) is 23.2 Å². The van der Waals surface area contributed by atoms with Gasteiger partial charge in [-0.15, -0.1) is 0 Å². The highest BCUT2D eigenvalue weighted by molar-refractivity contribution is 14.1. The Hall–Kier alpha value is -1.61. The van der Waals surface area contributed by atoms with E-state index in [4.69, 9.17) is 0 Å². The Morgan fingerprint density at radius 2 is 1.69 bits per heavy atom. The quantitative estimate of drug-likeness (QED) is 0.404. The van der Waals surface area contributed by atoms with Crippen LogP contribution < -0.4 is 0 Å². The Kier molecular flexibility index (Phi) is 3.79. The van der Waals surface area contributed by atoms with E-state index in [1.54, 1.807) is 5.57 Å². The summed E-state index contributed by atoms with van der Waals surface area (Å²) in [7, 11) is 0. The van der Waals surface area contributed by atoms with Gasteiger partial charge >= 0.3 is 0 Å². The minimum absolute atomic E-state index is 0.302. The van der Waals surface area contributed by atoms with Gasteiger partial charge in [0.2, 0.25) is 0 Å². The molecular formula is C25H23I. The van der Waals surface area contributed by atoms with Crippen molar-refractivity contribution in [2.45, 2.75) is 20.3 Å². The van der Waals surface area contributed by atoms with E-state index < -0.39 is 0 Å². The molecule has 0 nitrogen and oxygen atoms in total. The summed E-state index contributed by atoms with van der Waals surface area (Å²) in [6.45, 7) is 4.93. The molecule has 3 atom stereocenters. The molecule has 2 aromatic rings. The predicted molar refractivity (Wildman–Crippen MR) is 120 cm³/mol. The van der Waals surface area contributed by atoms with Gasteiger partial charge in [0.1, 0.15) is 0 Å². The van der Waals surface area contributed by atoms with Crippen molar-refractivity contribution in [3.63, 3.8) is 0 Å². The van der Waals surface area contributed by atoms with E-state index in [0.29, 0.717) is 23.2 Å². The fourth-order valence-electron chi connectivity index (χ4n) is 5.37. The van der Waals surface area contributed by atoms with Crippen LogP contribution in [0.1, 0.15) is 25.8 Å². The zero-order valence-electron chi connectivity index (χ0n) is 15.2. The lowest BCUT2D eigenvalue weighted by molar-refractivity contribution is 0.220. The highest BCUT2D eigenvalue weighted by Gasteiger charge is 2.51. The van der Waals surface area contributed by atoms with Crippen LogP contribution in [0, 0.1) is 26.7 Å². The predicted octanol–water partition coefficient (Wildman–Crippen LogP) is 7.17. The van der Waals surface area contributed by atoms with E-state index in [1.807, 2.05) is 0 Å². The maximum Gasteiger partial charge on any atom is 0.0209 e. The van der Waals surface area contributed by atoms with Gasteiger partial charge in [-0.25, -0.2) is 0 Å². The normalized spacial score (nSPS) is 28.5. The molecule has 2 aromatic carbocycles. The van der Waals surface area contributed by atoms with Gasteiger partial charge in [-0.1, -0.05) is 86.2 Å². The van der Waals surface area contributed by atoms with Gasteiger partial charge in [-0.05, 0) is 74.2 Å². The van der Waals surface area contributed by atoms with Crippen molar-refractivity contribution >= 4 is 38.9 Å². The van der Waals surface area contributed by atoms with E-state index in [9.17, 15) is 0 Å². The van der Waals surface area contributed by atoms with Gasteiger partial charge in [-0.3, -0.25) is 0 Å². The maximum atomic E-state index is 2.47. The van der Waals surface area contributed by atoms with Gasteiger partial charge in [0, 0.05) is 9.49 Å². The van der Waals surface area contributed by atoms with Crippen LogP contribution in [0.5, 0.6) is 0 Å². The Labute approximate surface area is 169 Å². The van der Waals surface area contributed by atoms with E-state index in [-0.39, 0.29) is 0 Å². The highest BCUT2D eigenvalue weighted by atomic mass is 127. The number of fused-ring (bicyclic) bond motifs is 4. The summed E-state index contributed by atoms with van der Waals surface area (Å²) < 4.78 is 1.33. The average Bonchev–Trinajstić information content (AvgIpc) is 2.90. The Bertz CT molecular complexity index is 1020. The summed E-state index contributed by atoms with van der Waals surface area (Å²) in [6.07, 6.45) is 15.3. The standard InChI is InChI=1S/C25H23I/c1-25(2)22-10-6-5-8-19(22)20-12-11-16(15-23(20)25)17-13-14-24(26)21-9-4-3-7-18(17)21/h3-14,19,22-23H,15H2,1-2H3. The van der Waals surface area contributed by atoms with Crippen LogP contribution in [-0.4, -0.2) is 0 Å². The first-order valence-corrected chi connectivity index (χ1v) is 10.6. The molecule has 130 valence electrons. The molecule has 0 spiro atoms. The number of hydrogen-bond acceptors (Lipinski definition) is 0. The van der Waals surface area contributed by atoms with Crippen molar-refractivity contribution in [2.75, 3.05) is 0 Å². The van der Waals surface area contributed by atoms with Gasteiger partial charge in [0.25, 0.3) is 0 Å². The molecule has 3 aliphatic rings. The summed E-state index contributed by atoms with van der Waals surface area (Å²) in [5.41, 5.74) is 4.84. The largest absolute Gasteiger partial charge is 0.0800 e. The summed E-state index contributed by atoms with van der Waals surface area (Å²) >= 11 is 2.45. The third-order valence-corrected chi connectivity index (χ3v) is 7.74. The monoisotopic (exact) mass is 450 g/mol. The molecule has 3 unspecified atom stereocenters. The lowest BCUT2D eigenvalue weighted by atomic mass is 9.70. The van der Waals surface area contributed by atoms with E-state index in [1.165, 1.54) is 25.5 Å². The van der Waals surface area contributed by atoms with Crippen LogP contribution >= 0.6 is 22.6 Å². The summed E-state index contributed by atoms with van der Waals surface area (Å²) in [5.74, 6) is 1.85. The number of hydrogen-bond donors (Lipinski definition) is 0. The second kappa shape index (κ2) is 5.95. The van der Waals surface area contributed by atoms with Crippen molar-refractivity contribution < 1.29 is 0 Å². The average molecular weight is 450 g/mol. The zero-order chi connectivity index (χ0) is 17.9. The molecule has 1 saturated carbocycles. The number of allylic oxidation sites excluding steroid dienone is 8. The number of benzene rings is 2. The Morgan fingerprint density at radius 3 is 2.54 bits per heavy atom. The topological polar surface area (TPSA) is 0 Å². The second-order valence-electron chi connectivity index (χ2n) is 8.40. The molecule has 0 saturated heterocycles. The Morgan fingerprint density at radius 1 is 0.923 bits per heavy atom. The van der Waals surface area contributed by atoms with Crippen molar-refractivity contribution in [1.29, 1.82) is 0 Å². The Balaban J connectivity index is 1.62. The molecule has 0 aromatic heterocycles. The first kappa shape index (κ1) is 16.6. The number of halogens is 1. The first-order chi connectivity index (χ1) is 12.6. The molecule has 0 bridgehead atoms. The first-order valence-electron chi connectivity index (χ1n) is 9.50. The van der Waals surface area contributed by atoms with Gasteiger partial charge in [-0.2, -0.15) is 0 Å². The summed E-state index contributed by atoms with van der Waals surface area (Å²) in [6, 6.07) is 13.4. The van der Waals surface area contributed by atoms with Gasteiger partial charge in [0.15, 0.2) is 0 Å². The van der Waals surface area contributed by atoms with Crippen LogP contribution in [0.4, 0.5) is 0 Å². The van der Waals surface area contributed by atoms with Crippen LogP contribution in [-0.2, 0) is 0 Å². The molecule has 0 radical (unpaired) electrons. The zero-order valence-corrected chi connectivity index (χ0v) is 17.4. The molecule has 0 aliphatic heterocycles. The fourth-order valence-corrected chi connectivity index (χ4v) is 6.02. The molecule has 0 heterocycles.